The van der Waals surface area contributed by atoms with Crippen molar-refractivity contribution in [1.29, 1.82) is 5.26 Å². The van der Waals surface area contributed by atoms with Crippen LogP contribution in [0.2, 0.25) is 0 Å². The monoisotopic (exact) mass is 237 g/mol. The molecule has 0 radical (unpaired) electrons. The maximum Gasteiger partial charge on any atom is 0.0668 e. The van der Waals surface area contributed by atoms with E-state index in [4.69, 9.17) is 5.26 Å². The van der Waals surface area contributed by atoms with Crippen molar-refractivity contribution in [2.24, 2.45) is 5.92 Å². The van der Waals surface area contributed by atoms with Crippen molar-refractivity contribution in [2.75, 3.05) is 5.33 Å². The molecule has 0 fully saturated rings. The number of nitrogens with zero attached hydrogens (tertiary/aromatic N) is 1. The molecule has 0 aliphatic heterocycles. The van der Waals surface area contributed by atoms with Crippen molar-refractivity contribution in [3.05, 3.63) is 35.4 Å². The molecule has 0 saturated heterocycles. The highest BCUT2D eigenvalue weighted by atomic mass is 79.9. The zero-order chi connectivity index (χ0) is 9.68. The molecule has 0 aliphatic carbocycles. The molecule has 0 aromatic heterocycles. The number of halogens is 1. The van der Waals surface area contributed by atoms with Gasteiger partial charge in [0, 0.05) is 5.33 Å². The Morgan fingerprint density at radius 1 is 1.38 bits per heavy atom. The van der Waals surface area contributed by atoms with Gasteiger partial charge >= 0.3 is 0 Å². The van der Waals surface area contributed by atoms with Crippen LogP contribution in [0.5, 0.6) is 0 Å². The molecular formula is C11H12BrN. The Morgan fingerprint density at radius 3 is 2.46 bits per heavy atom. The van der Waals surface area contributed by atoms with E-state index in [1.54, 1.807) is 0 Å². The Morgan fingerprint density at radius 2 is 2.00 bits per heavy atom. The van der Waals surface area contributed by atoms with Crippen LogP contribution in [0.4, 0.5) is 0 Å². The largest absolute Gasteiger partial charge is 0.198 e. The zero-order valence-corrected chi connectivity index (χ0v) is 9.21. The molecule has 2 heteroatoms. The molecule has 68 valence electrons. The van der Waals surface area contributed by atoms with Gasteiger partial charge in [-0.25, -0.2) is 0 Å². The van der Waals surface area contributed by atoms with Crippen molar-refractivity contribution >= 4 is 15.9 Å². The lowest BCUT2D eigenvalue weighted by atomic mass is 10.0. The molecule has 0 bridgehead atoms. The third-order valence-electron chi connectivity index (χ3n) is 1.97. The quantitative estimate of drug-likeness (QED) is 0.742. The van der Waals surface area contributed by atoms with E-state index in [0.717, 1.165) is 11.8 Å². The number of benzene rings is 1. The lowest BCUT2D eigenvalue weighted by Crippen LogP contribution is -2.02. The topological polar surface area (TPSA) is 23.8 Å². The Bertz CT molecular complexity index is 297. The number of rotatable bonds is 3. The minimum absolute atomic E-state index is 0.0858. The molecule has 0 amide bonds. The third-order valence-corrected chi connectivity index (χ3v) is 2.75. The first-order valence-electron chi connectivity index (χ1n) is 4.27. The van der Waals surface area contributed by atoms with Gasteiger partial charge in [0.2, 0.25) is 0 Å². The summed E-state index contributed by atoms with van der Waals surface area (Å²) in [6, 6.07) is 10.6. The lowest BCUT2D eigenvalue weighted by Gasteiger charge is -2.04. The highest BCUT2D eigenvalue weighted by molar-refractivity contribution is 9.09. The van der Waals surface area contributed by atoms with Crippen molar-refractivity contribution in [1.82, 2.24) is 0 Å². The minimum Gasteiger partial charge on any atom is -0.198 e. The Kier molecular flexibility index (Phi) is 3.98. The normalized spacial score (nSPS) is 12.1. The van der Waals surface area contributed by atoms with Gasteiger partial charge < -0.3 is 0 Å². The fourth-order valence-corrected chi connectivity index (χ4v) is 1.52. The van der Waals surface area contributed by atoms with E-state index in [2.05, 4.69) is 53.2 Å². The highest BCUT2D eigenvalue weighted by Crippen LogP contribution is 2.11. The summed E-state index contributed by atoms with van der Waals surface area (Å²) in [5.74, 6) is 0.0858. The second kappa shape index (κ2) is 5.04. The van der Waals surface area contributed by atoms with Gasteiger partial charge in [-0.1, -0.05) is 45.8 Å². The third kappa shape index (κ3) is 3.20. The Labute approximate surface area is 87.5 Å². The maximum absolute atomic E-state index is 8.76. The summed E-state index contributed by atoms with van der Waals surface area (Å²) < 4.78 is 0. The van der Waals surface area contributed by atoms with E-state index in [-0.39, 0.29) is 5.92 Å². The average molecular weight is 238 g/mol. The van der Waals surface area contributed by atoms with Crippen LogP contribution < -0.4 is 0 Å². The van der Waals surface area contributed by atoms with Gasteiger partial charge in [0.05, 0.1) is 12.0 Å². The minimum atomic E-state index is 0.0858. The van der Waals surface area contributed by atoms with Gasteiger partial charge in [-0.2, -0.15) is 5.26 Å². The summed E-state index contributed by atoms with van der Waals surface area (Å²) in [6.45, 7) is 2.07. The van der Waals surface area contributed by atoms with Crippen LogP contribution in [0.1, 0.15) is 11.1 Å². The van der Waals surface area contributed by atoms with Crippen LogP contribution in [0.3, 0.4) is 0 Å². The van der Waals surface area contributed by atoms with Crippen LogP contribution in [0.25, 0.3) is 0 Å². The van der Waals surface area contributed by atoms with Gasteiger partial charge in [-0.3, -0.25) is 0 Å². The smallest absolute Gasteiger partial charge is 0.0668 e. The van der Waals surface area contributed by atoms with Gasteiger partial charge in [0.1, 0.15) is 0 Å². The number of nitriles is 1. The Balaban J connectivity index is 2.64. The van der Waals surface area contributed by atoms with E-state index in [1.807, 2.05) is 0 Å². The molecule has 1 atom stereocenters. The molecule has 0 aliphatic rings. The van der Waals surface area contributed by atoms with Crippen LogP contribution in [0.15, 0.2) is 24.3 Å². The van der Waals surface area contributed by atoms with E-state index >= 15 is 0 Å². The summed E-state index contributed by atoms with van der Waals surface area (Å²) in [7, 11) is 0. The summed E-state index contributed by atoms with van der Waals surface area (Å²) in [6.07, 6.45) is 0.835. The molecule has 0 spiro atoms. The predicted molar refractivity (Wildman–Crippen MR) is 57.8 cm³/mol. The number of hydrogen-bond donors (Lipinski definition) is 0. The van der Waals surface area contributed by atoms with E-state index in [0.29, 0.717) is 0 Å². The van der Waals surface area contributed by atoms with Gasteiger partial charge in [-0.05, 0) is 18.9 Å². The van der Waals surface area contributed by atoms with Gasteiger partial charge in [-0.15, -0.1) is 0 Å². The van der Waals surface area contributed by atoms with Crippen molar-refractivity contribution in [2.45, 2.75) is 13.3 Å². The molecule has 1 rings (SSSR count). The van der Waals surface area contributed by atoms with Crippen molar-refractivity contribution < 1.29 is 0 Å². The second-order valence-electron chi connectivity index (χ2n) is 3.17. The molecule has 1 aromatic rings. The average Bonchev–Trinajstić information content (AvgIpc) is 2.17. The van der Waals surface area contributed by atoms with E-state index in [9.17, 15) is 0 Å². The van der Waals surface area contributed by atoms with E-state index < -0.39 is 0 Å². The molecule has 0 heterocycles. The summed E-state index contributed by atoms with van der Waals surface area (Å²) >= 11 is 3.33. The van der Waals surface area contributed by atoms with Crippen molar-refractivity contribution in [3.63, 3.8) is 0 Å². The zero-order valence-electron chi connectivity index (χ0n) is 7.63. The van der Waals surface area contributed by atoms with Crippen LogP contribution >= 0.6 is 15.9 Å². The molecule has 0 N–H and O–H groups in total. The number of aryl methyl sites for hydroxylation is 1. The van der Waals surface area contributed by atoms with Crippen molar-refractivity contribution in [3.8, 4) is 6.07 Å². The SMILES string of the molecule is Cc1ccc(CC(C#N)CBr)cc1. The first-order chi connectivity index (χ1) is 6.26. The Hall–Kier alpha value is -0.810. The maximum atomic E-state index is 8.76. The molecule has 1 nitrogen and oxygen atoms in total. The molecule has 0 saturated carbocycles. The second-order valence-corrected chi connectivity index (χ2v) is 3.82. The number of alkyl halides is 1. The summed E-state index contributed by atoms with van der Waals surface area (Å²) in [4.78, 5) is 0. The standard InChI is InChI=1S/C11H12BrN/c1-9-2-4-10(5-3-9)6-11(7-12)8-13/h2-5,11H,6-7H2,1H3. The molecule has 1 unspecified atom stereocenters. The first-order valence-corrected chi connectivity index (χ1v) is 5.39. The predicted octanol–water partition coefficient (Wildman–Crippen LogP) is 3.07. The van der Waals surface area contributed by atoms with Gasteiger partial charge in [0.25, 0.3) is 0 Å². The lowest BCUT2D eigenvalue weighted by molar-refractivity contribution is 0.756. The molecule has 13 heavy (non-hydrogen) atoms. The van der Waals surface area contributed by atoms with E-state index in [1.165, 1.54) is 11.1 Å². The van der Waals surface area contributed by atoms with Gasteiger partial charge in [0.15, 0.2) is 0 Å². The fraction of sp³-hybridized carbons (Fsp3) is 0.364. The fourth-order valence-electron chi connectivity index (χ4n) is 1.14. The first kappa shape index (κ1) is 10.3. The molecular weight excluding hydrogens is 226 g/mol. The summed E-state index contributed by atoms with van der Waals surface area (Å²) in [5.41, 5.74) is 2.49. The molecule has 1 aromatic carbocycles. The van der Waals surface area contributed by atoms with Crippen LogP contribution in [0, 0.1) is 24.2 Å². The van der Waals surface area contributed by atoms with Crippen LogP contribution in [-0.2, 0) is 6.42 Å². The number of hydrogen-bond acceptors (Lipinski definition) is 1. The summed E-state index contributed by atoms with van der Waals surface area (Å²) in [5, 5.41) is 9.51. The highest BCUT2D eigenvalue weighted by Gasteiger charge is 2.05. The van der Waals surface area contributed by atoms with Crippen LogP contribution in [-0.4, -0.2) is 5.33 Å².